The van der Waals surface area contributed by atoms with Crippen molar-refractivity contribution in [2.24, 2.45) is 0 Å². The largest absolute Gasteiger partial charge is 0.294 e. The molecule has 0 fully saturated rings. The van der Waals surface area contributed by atoms with Gasteiger partial charge in [-0.1, -0.05) is 98.5 Å². The minimum atomic E-state index is -1.47. The molecule has 4 heteroatoms. The zero-order valence-electron chi connectivity index (χ0n) is 21.4. The molecule has 2 heterocycles. The van der Waals surface area contributed by atoms with Crippen LogP contribution in [-0.2, 0) is 0 Å². The minimum absolute atomic E-state index is 0.911. The predicted molar refractivity (Wildman–Crippen MR) is 160 cm³/mol. The van der Waals surface area contributed by atoms with Gasteiger partial charge in [-0.25, -0.2) is 4.98 Å². The van der Waals surface area contributed by atoms with Gasteiger partial charge in [-0.05, 0) is 46.3 Å². The number of nitrogens with zero attached hydrogens (tertiary/aromatic N) is 3. The molecular weight excluding hydrogens is 466 g/mol. The van der Waals surface area contributed by atoms with Crippen molar-refractivity contribution in [2.45, 2.75) is 19.6 Å². The summed E-state index contributed by atoms with van der Waals surface area (Å²) in [5.74, 6) is 0.911. The summed E-state index contributed by atoms with van der Waals surface area (Å²) in [7, 11) is -1.47. The standard InChI is InChI=1S/C33H29N3Si/c1-37(2,3)25-20-21-31(35-23-25)36(24-13-5-4-6-14-24)33-28-17-9-7-15-26(28)32(30-19-11-12-22-34-30)27-16-8-10-18-29(27)33/h4-23H,1-3H3. The molecular formula is C33H29N3Si. The highest BCUT2D eigenvalue weighted by atomic mass is 28.3. The summed E-state index contributed by atoms with van der Waals surface area (Å²) in [4.78, 5) is 12.1. The van der Waals surface area contributed by atoms with Crippen molar-refractivity contribution in [1.29, 1.82) is 0 Å². The van der Waals surface area contributed by atoms with E-state index in [2.05, 4.69) is 134 Å². The average Bonchev–Trinajstić information content (AvgIpc) is 2.94. The molecule has 6 aromatic rings. The fraction of sp³-hybridized carbons (Fsp3) is 0.0909. The number of fused-ring (bicyclic) bond motifs is 2. The molecule has 37 heavy (non-hydrogen) atoms. The summed E-state index contributed by atoms with van der Waals surface area (Å²) in [5, 5.41) is 6.04. The molecule has 0 aliphatic rings. The summed E-state index contributed by atoms with van der Waals surface area (Å²) < 4.78 is 0. The second-order valence-corrected chi connectivity index (χ2v) is 15.4. The first kappa shape index (κ1) is 23.1. The number of pyridine rings is 2. The van der Waals surface area contributed by atoms with Crippen LogP contribution in [0.25, 0.3) is 32.8 Å². The molecule has 2 aromatic heterocycles. The smallest absolute Gasteiger partial charge is 0.137 e. The van der Waals surface area contributed by atoms with Gasteiger partial charge in [-0.15, -0.1) is 0 Å². The highest BCUT2D eigenvalue weighted by Crippen LogP contribution is 2.46. The Morgan fingerprint density at radius 1 is 0.568 bits per heavy atom. The van der Waals surface area contributed by atoms with Crippen LogP contribution in [0.15, 0.2) is 122 Å². The van der Waals surface area contributed by atoms with Crippen LogP contribution in [-0.4, -0.2) is 18.0 Å². The molecule has 180 valence electrons. The number of aromatic nitrogens is 2. The Kier molecular flexibility index (Phi) is 5.82. The van der Waals surface area contributed by atoms with Crippen LogP contribution in [0.4, 0.5) is 17.2 Å². The molecule has 4 aromatic carbocycles. The van der Waals surface area contributed by atoms with E-state index in [1.807, 2.05) is 12.3 Å². The fourth-order valence-electron chi connectivity index (χ4n) is 5.05. The first-order valence-electron chi connectivity index (χ1n) is 12.7. The van der Waals surface area contributed by atoms with Gasteiger partial charge in [-0.2, -0.15) is 0 Å². The topological polar surface area (TPSA) is 29.0 Å². The highest BCUT2D eigenvalue weighted by molar-refractivity contribution is 6.88. The molecule has 0 radical (unpaired) electrons. The lowest BCUT2D eigenvalue weighted by Gasteiger charge is -2.29. The molecule has 0 N–H and O–H groups in total. The predicted octanol–water partition coefficient (Wildman–Crippen LogP) is 8.47. The van der Waals surface area contributed by atoms with Gasteiger partial charge in [0.25, 0.3) is 0 Å². The maximum Gasteiger partial charge on any atom is 0.137 e. The Labute approximate surface area is 219 Å². The average molecular weight is 496 g/mol. The van der Waals surface area contributed by atoms with E-state index in [0.717, 1.165) is 28.5 Å². The van der Waals surface area contributed by atoms with Crippen LogP contribution in [0.3, 0.4) is 0 Å². The maximum absolute atomic E-state index is 5.04. The van der Waals surface area contributed by atoms with Gasteiger partial charge in [0.1, 0.15) is 5.82 Å². The molecule has 6 rings (SSSR count). The molecule has 0 saturated heterocycles. The first-order chi connectivity index (χ1) is 18.0. The quantitative estimate of drug-likeness (QED) is 0.177. The Hall–Kier alpha value is -4.28. The van der Waals surface area contributed by atoms with E-state index in [0.29, 0.717) is 0 Å². The fourth-order valence-corrected chi connectivity index (χ4v) is 6.08. The lowest BCUT2D eigenvalue weighted by molar-refractivity contribution is 1.20. The molecule has 0 aliphatic heterocycles. The number of benzene rings is 4. The Balaban J connectivity index is 1.71. The molecule has 0 spiro atoms. The summed E-state index contributed by atoms with van der Waals surface area (Å²) in [6, 6.07) is 38.4. The van der Waals surface area contributed by atoms with Crippen molar-refractivity contribution in [3.8, 4) is 11.3 Å². The van der Waals surface area contributed by atoms with Crippen LogP contribution in [0.2, 0.25) is 19.6 Å². The summed E-state index contributed by atoms with van der Waals surface area (Å²) >= 11 is 0. The number of para-hydroxylation sites is 1. The summed E-state index contributed by atoms with van der Waals surface area (Å²) in [6.07, 6.45) is 3.94. The van der Waals surface area contributed by atoms with Gasteiger partial charge in [-0.3, -0.25) is 9.88 Å². The van der Waals surface area contributed by atoms with Gasteiger partial charge in [0.05, 0.1) is 19.5 Å². The zero-order chi connectivity index (χ0) is 25.4. The molecule has 3 nitrogen and oxygen atoms in total. The van der Waals surface area contributed by atoms with E-state index in [-0.39, 0.29) is 0 Å². The second kappa shape index (κ2) is 9.30. The van der Waals surface area contributed by atoms with Crippen LogP contribution < -0.4 is 10.1 Å². The Morgan fingerprint density at radius 2 is 1.16 bits per heavy atom. The van der Waals surface area contributed by atoms with E-state index in [1.54, 1.807) is 0 Å². The van der Waals surface area contributed by atoms with E-state index in [9.17, 15) is 0 Å². The van der Waals surface area contributed by atoms with E-state index < -0.39 is 8.07 Å². The minimum Gasteiger partial charge on any atom is -0.294 e. The van der Waals surface area contributed by atoms with Crippen molar-refractivity contribution in [3.63, 3.8) is 0 Å². The molecule has 0 atom stereocenters. The first-order valence-corrected chi connectivity index (χ1v) is 16.2. The lowest BCUT2D eigenvalue weighted by atomic mass is 9.92. The highest BCUT2D eigenvalue weighted by Gasteiger charge is 2.24. The lowest BCUT2D eigenvalue weighted by Crippen LogP contribution is -2.37. The number of hydrogen-bond acceptors (Lipinski definition) is 3. The number of rotatable bonds is 5. The van der Waals surface area contributed by atoms with Crippen molar-refractivity contribution in [1.82, 2.24) is 9.97 Å². The van der Waals surface area contributed by atoms with E-state index in [1.165, 1.54) is 26.7 Å². The van der Waals surface area contributed by atoms with Gasteiger partial charge >= 0.3 is 0 Å². The van der Waals surface area contributed by atoms with E-state index >= 15 is 0 Å². The SMILES string of the molecule is C[Si](C)(C)c1ccc(N(c2ccccc2)c2c3ccccc3c(-c3ccccn3)c3ccccc23)nc1. The normalized spacial score (nSPS) is 11.6. The Bertz CT molecular complexity index is 1630. The van der Waals surface area contributed by atoms with Crippen LogP contribution in [0.1, 0.15) is 0 Å². The third-order valence-electron chi connectivity index (χ3n) is 6.91. The van der Waals surface area contributed by atoms with Gasteiger partial charge < -0.3 is 0 Å². The third kappa shape index (κ3) is 4.19. The Morgan fingerprint density at radius 3 is 1.70 bits per heavy atom. The van der Waals surface area contributed by atoms with Crippen LogP contribution >= 0.6 is 0 Å². The second-order valence-electron chi connectivity index (χ2n) is 10.4. The number of hydrogen-bond donors (Lipinski definition) is 0. The molecule has 0 saturated carbocycles. The molecule has 0 unspecified atom stereocenters. The summed E-state index contributed by atoms with van der Waals surface area (Å²) in [6.45, 7) is 7.07. The summed E-state index contributed by atoms with van der Waals surface area (Å²) in [5.41, 5.74) is 4.35. The third-order valence-corrected chi connectivity index (χ3v) is 8.93. The van der Waals surface area contributed by atoms with Crippen molar-refractivity contribution in [3.05, 3.63) is 122 Å². The molecule has 0 amide bonds. The van der Waals surface area contributed by atoms with Gasteiger partial charge in [0.15, 0.2) is 0 Å². The maximum atomic E-state index is 5.04. The van der Waals surface area contributed by atoms with Crippen molar-refractivity contribution >= 4 is 52.0 Å². The van der Waals surface area contributed by atoms with E-state index in [4.69, 9.17) is 9.97 Å². The van der Waals surface area contributed by atoms with Gasteiger partial charge in [0, 0.05) is 34.4 Å². The number of anilines is 3. The van der Waals surface area contributed by atoms with Crippen LogP contribution in [0.5, 0.6) is 0 Å². The van der Waals surface area contributed by atoms with Gasteiger partial charge in [0.2, 0.25) is 0 Å². The molecule has 0 bridgehead atoms. The molecule has 0 aliphatic carbocycles. The van der Waals surface area contributed by atoms with Crippen LogP contribution in [0, 0.1) is 0 Å². The van der Waals surface area contributed by atoms with Crippen molar-refractivity contribution < 1.29 is 0 Å². The zero-order valence-corrected chi connectivity index (χ0v) is 22.4. The van der Waals surface area contributed by atoms with Crippen molar-refractivity contribution in [2.75, 3.05) is 4.90 Å². The monoisotopic (exact) mass is 495 g/mol.